The Morgan fingerprint density at radius 2 is 1.59 bits per heavy atom. The largest absolute Gasteiger partial charge is 0.481 e. The zero-order valence-corrected chi connectivity index (χ0v) is 21.0. The monoisotopic (exact) mass is 467 g/mol. The minimum atomic E-state index is -1.02. The Bertz CT molecular complexity index is 697. The smallest absolute Gasteiger partial charge is 0.307 e. The molecule has 2 amide bonds. The molecule has 7 nitrogen and oxygen atoms in total. The van der Waals surface area contributed by atoms with Gasteiger partial charge in [0, 0.05) is 17.9 Å². The number of carboxylic acid groups (broad SMARTS) is 1. The molecule has 0 fully saturated rings. The molecule has 0 aliphatic carbocycles. The molecular formula is C24H41N3O4S. The van der Waals surface area contributed by atoms with Gasteiger partial charge in [-0.15, -0.1) is 0 Å². The lowest BCUT2D eigenvalue weighted by atomic mass is 10.0. The Morgan fingerprint density at radius 3 is 2.12 bits per heavy atom. The van der Waals surface area contributed by atoms with Crippen molar-refractivity contribution in [3.8, 4) is 0 Å². The summed E-state index contributed by atoms with van der Waals surface area (Å²) in [6.45, 7) is 10.2. The Labute approximate surface area is 197 Å². The number of carbonyl (C=O) groups excluding carboxylic acids is 2. The average molecular weight is 468 g/mol. The van der Waals surface area contributed by atoms with Crippen LogP contribution in [0.4, 0.5) is 0 Å². The molecule has 182 valence electrons. The number of hydrogen-bond acceptors (Lipinski definition) is 5. The van der Waals surface area contributed by atoms with Gasteiger partial charge in [-0.3, -0.25) is 19.8 Å². The predicted molar refractivity (Wildman–Crippen MR) is 133 cm³/mol. The third-order valence-electron chi connectivity index (χ3n) is 5.02. The minimum Gasteiger partial charge on any atom is -0.481 e. The van der Waals surface area contributed by atoms with E-state index in [-0.39, 0.29) is 6.42 Å². The van der Waals surface area contributed by atoms with Crippen molar-refractivity contribution >= 4 is 29.5 Å². The van der Waals surface area contributed by atoms with Gasteiger partial charge < -0.3 is 10.4 Å². The van der Waals surface area contributed by atoms with Gasteiger partial charge >= 0.3 is 5.97 Å². The minimum absolute atomic E-state index is 0.162. The van der Waals surface area contributed by atoms with Crippen LogP contribution in [0.1, 0.15) is 73.1 Å². The van der Waals surface area contributed by atoms with E-state index >= 15 is 0 Å². The molecule has 0 aromatic carbocycles. The molecule has 0 aromatic rings. The van der Waals surface area contributed by atoms with Gasteiger partial charge in [-0.2, -0.15) is 11.8 Å². The van der Waals surface area contributed by atoms with Gasteiger partial charge in [-0.25, -0.2) is 5.84 Å². The highest BCUT2D eigenvalue weighted by molar-refractivity contribution is 7.99. The molecule has 0 aliphatic heterocycles. The maximum absolute atomic E-state index is 12.1. The van der Waals surface area contributed by atoms with Crippen molar-refractivity contribution in [2.45, 2.75) is 79.2 Å². The third-order valence-corrected chi connectivity index (χ3v) is 6.00. The van der Waals surface area contributed by atoms with Crippen LogP contribution >= 0.6 is 11.8 Å². The van der Waals surface area contributed by atoms with Gasteiger partial charge in [0.1, 0.15) is 6.04 Å². The van der Waals surface area contributed by atoms with Crippen molar-refractivity contribution in [2.75, 3.05) is 11.5 Å². The Kier molecular flexibility index (Phi) is 16.4. The summed E-state index contributed by atoms with van der Waals surface area (Å²) in [6.07, 6.45) is 11.0. The van der Waals surface area contributed by atoms with Crippen LogP contribution in [0.3, 0.4) is 0 Å². The van der Waals surface area contributed by atoms with Crippen molar-refractivity contribution in [1.29, 1.82) is 0 Å². The third kappa shape index (κ3) is 14.9. The molecule has 0 radical (unpaired) electrons. The number of allylic oxidation sites excluding steroid dienone is 5. The van der Waals surface area contributed by atoms with Crippen molar-refractivity contribution in [1.82, 2.24) is 10.7 Å². The number of rotatable bonds is 16. The van der Waals surface area contributed by atoms with Crippen LogP contribution in [0.5, 0.6) is 0 Å². The van der Waals surface area contributed by atoms with E-state index in [1.165, 1.54) is 28.5 Å². The van der Waals surface area contributed by atoms with Gasteiger partial charge in [-0.1, -0.05) is 41.9 Å². The molecular weight excluding hydrogens is 426 g/mol. The zero-order chi connectivity index (χ0) is 24.5. The summed E-state index contributed by atoms with van der Waals surface area (Å²) < 4.78 is 0. The van der Waals surface area contributed by atoms with Gasteiger partial charge in [0.05, 0.1) is 5.92 Å². The van der Waals surface area contributed by atoms with E-state index in [1.54, 1.807) is 6.92 Å². The SMILES string of the molecule is CCC(CC(=O)NC(CSCC=C(C)CCC=C(C)CCC=C(C)C)C(=O)NN)C(=O)O. The van der Waals surface area contributed by atoms with Crippen LogP contribution in [0, 0.1) is 5.92 Å². The molecule has 0 heterocycles. The number of hydrazine groups is 1. The number of hydrogen-bond donors (Lipinski definition) is 4. The summed E-state index contributed by atoms with van der Waals surface area (Å²) in [6, 6.07) is -0.802. The molecule has 0 saturated carbocycles. The molecule has 2 atom stereocenters. The first-order chi connectivity index (χ1) is 15.1. The molecule has 8 heteroatoms. The first kappa shape index (κ1) is 29.9. The Balaban J connectivity index is 4.47. The van der Waals surface area contributed by atoms with Crippen LogP contribution < -0.4 is 16.6 Å². The Hall–Kier alpha value is -2.06. The fourth-order valence-electron chi connectivity index (χ4n) is 2.89. The molecule has 0 rings (SSSR count). The maximum atomic E-state index is 12.1. The fraction of sp³-hybridized carbons (Fsp3) is 0.625. The second-order valence-corrected chi connectivity index (χ2v) is 9.35. The maximum Gasteiger partial charge on any atom is 0.307 e. The van der Waals surface area contributed by atoms with E-state index in [9.17, 15) is 14.4 Å². The lowest BCUT2D eigenvalue weighted by molar-refractivity contribution is -0.144. The van der Waals surface area contributed by atoms with Crippen LogP contribution in [0.2, 0.25) is 0 Å². The Morgan fingerprint density at radius 1 is 1.00 bits per heavy atom. The molecule has 0 spiro atoms. The topological polar surface area (TPSA) is 122 Å². The number of carboxylic acids is 1. The number of aliphatic carboxylic acids is 1. The summed E-state index contributed by atoms with van der Waals surface area (Å²) in [5.41, 5.74) is 6.10. The van der Waals surface area contributed by atoms with Crippen LogP contribution in [0.15, 0.2) is 34.9 Å². The summed E-state index contributed by atoms with van der Waals surface area (Å²) in [7, 11) is 0. The van der Waals surface area contributed by atoms with E-state index in [1.807, 2.05) is 0 Å². The molecule has 0 aliphatic rings. The highest BCUT2D eigenvalue weighted by Crippen LogP contribution is 2.13. The molecule has 0 bridgehead atoms. The number of nitrogens with two attached hydrogens (primary N) is 1. The quantitative estimate of drug-likeness (QED) is 0.0891. The average Bonchev–Trinajstić information content (AvgIpc) is 2.72. The van der Waals surface area contributed by atoms with Crippen LogP contribution in [-0.4, -0.2) is 40.4 Å². The lowest BCUT2D eigenvalue weighted by Gasteiger charge is -2.18. The predicted octanol–water partition coefficient (Wildman–Crippen LogP) is 4.11. The molecule has 2 unspecified atom stereocenters. The fourth-order valence-corrected chi connectivity index (χ4v) is 3.90. The molecule has 0 aromatic heterocycles. The van der Waals surface area contributed by atoms with Crippen molar-refractivity contribution in [3.63, 3.8) is 0 Å². The van der Waals surface area contributed by atoms with E-state index < -0.39 is 29.7 Å². The van der Waals surface area contributed by atoms with E-state index in [2.05, 4.69) is 56.7 Å². The van der Waals surface area contributed by atoms with Gasteiger partial charge in [0.2, 0.25) is 5.91 Å². The first-order valence-electron chi connectivity index (χ1n) is 11.2. The van der Waals surface area contributed by atoms with Gasteiger partial charge in [0.25, 0.3) is 5.91 Å². The van der Waals surface area contributed by atoms with Crippen LogP contribution in [-0.2, 0) is 14.4 Å². The van der Waals surface area contributed by atoms with Gasteiger partial charge in [-0.05, 0) is 59.8 Å². The number of carbonyl (C=O) groups is 3. The molecule has 32 heavy (non-hydrogen) atoms. The summed E-state index contributed by atoms with van der Waals surface area (Å²) in [4.78, 5) is 35.2. The highest BCUT2D eigenvalue weighted by atomic mass is 32.2. The van der Waals surface area contributed by atoms with Crippen molar-refractivity contribution < 1.29 is 19.5 Å². The number of amides is 2. The number of nitrogens with one attached hydrogen (secondary N) is 2. The molecule has 0 saturated heterocycles. The molecule has 5 N–H and O–H groups in total. The van der Waals surface area contributed by atoms with E-state index in [0.717, 1.165) is 25.7 Å². The first-order valence-corrected chi connectivity index (χ1v) is 12.3. The normalized spacial score (nSPS) is 13.8. The van der Waals surface area contributed by atoms with Crippen molar-refractivity contribution in [2.24, 2.45) is 11.8 Å². The highest BCUT2D eigenvalue weighted by Gasteiger charge is 2.24. The number of thioether (sulfide) groups is 1. The second-order valence-electron chi connectivity index (χ2n) is 8.27. The zero-order valence-electron chi connectivity index (χ0n) is 20.2. The van der Waals surface area contributed by atoms with Crippen LogP contribution in [0.25, 0.3) is 0 Å². The van der Waals surface area contributed by atoms with E-state index in [4.69, 9.17) is 10.9 Å². The summed E-state index contributed by atoms with van der Waals surface area (Å²) in [5.74, 6) is 3.55. The second kappa shape index (κ2) is 17.5. The summed E-state index contributed by atoms with van der Waals surface area (Å²) in [5, 5.41) is 11.7. The summed E-state index contributed by atoms with van der Waals surface area (Å²) >= 11 is 1.51. The van der Waals surface area contributed by atoms with Crippen molar-refractivity contribution in [3.05, 3.63) is 34.9 Å². The standard InChI is InChI=1S/C24H41N3O4S/c1-6-20(24(30)31)15-22(28)26-21(23(29)27-25)16-32-14-13-19(5)12-8-11-18(4)10-7-9-17(2)3/h9,11,13,20-21H,6-8,10,12,14-16,25H2,1-5H3,(H,26,28)(H,27,29)(H,30,31). The van der Waals surface area contributed by atoms with Gasteiger partial charge in [0.15, 0.2) is 0 Å². The lowest BCUT2D eigenvalue weighted by Crippen LogP contribution is -2.50. The van der Waals surface area contributed by atoms with E-state index in [0.29, 0.717) is 17.9 Å².